The lowest BCUT2D eigenvalue weighted by molar-refractivity contribution is -0.136. The number of aromatic nitrogens is 1. The number of hydrogen-bond acceptors (Lipinski definition) is 3. The first-order valence-corrected chi connectivity index (χ1v) is 10.7. The Morgan fingerprint density at radius 3 is 2.42 bits per heavy atom. The maximum atomic E-state index is 13.0. The van der Waals surface area contributed by atoms with E-state index in [9.17, 15) is 14.7 Å². The van der Waals surface area contributed by atoms with Gasteiger partial charge >= 0.3 is 5.97 Å². The van der Waals surface area contributed by atoms with Crippen molar-refractivity contribution in [2.45, 2.75) is 38.3 Å². The van der Waals surface area contributed by atoms with Crippen LogP contribution < -0.4 is 4.90 Å². The molecule has 2 aromatic carbocycles. The third-order valence-electron chi connectivity index (χ3n) is 6.38. The molecular weight excluding hydrogens is 390 g/mol. The van der Waals surface area contributed by atoms with Crippen molar-refractivity contribution in [3.05, 3.63) is 65.4 Å². The van der Waals surface area contributed by atoms with Gasteiger partial charge in [-0.2, -0.15) is 0 Å². The van der Waals surface area contributed by atoms with Crippen LogP contribution in [0.1, 0.15) is 23.2 Å². The van der Waals surface area contributed by atoms with Crippen LogP contribution in [0.5, 0.6) is 0 Å². The van der Waals surface area contributed by atoms with E-state index < -0.39 is 5.97 Å². The van der Waals surface area contributed by atoms with E-state index >= 15 is 0 Å². The third-order valence-corrected chi connectivity index (χ3v) is 6.38. The van der Waals surface area contributed by atoms with Gasteiger partial charge in [0.15, 0.2) is 0 Å². The molecule has 2 heterocycles. The van der Waals surface area contributed by atoms with E-state index in [1.807, 2.05) is 79.5 Å². The van der Waals surface area contributed by atoms with Crippen molar-refractivity contribution < 1.29 is 14.7 Å². The molecule has 0 aliphatic carbocycles. The topological polar surface area (TPSA) is 65.8 Å². The van der Waals surface area contributed by atoms with E-state index in [1.54, 1.807) is 0 Å². The highest BCUT2D eigenvalue weighted by molar-refractivity contribution is 5.89. The molecule has 0 unspecified atom stereocenters. The Bertz CT molecular complexity index is 1110. The number of para-hydroxylation sites is 1. The zero-order valence-electron chi connectivity index (χ0n) is 18.3. The molecule has 1 aliphatic rings. The number of anilines is 1. The Balaban J connectivity index is 1.53. The van der Waals surface area contributed by atoms with Crippen molar-refractivity contribution in [2.24, 2.45) is 0 Å². The van der Waals surface area contributed by atoms with E-state index in [1.165, 1.54) is 0 Å². The van der Waals surface area contributed by atoms with Gasteiger partial charge in [-0.05, 0) is 42.2 Å². The summed E-state index contributed by atoms with van der Waals surface area (Å²) in [6.07, 6.45) is 2.03. The summed E-state index contributed by atoms with van der Waals surface area (Å²) in [5.41, 5.74) is 5.19. The molecule has 0 spiro atoms. The van der Waals surface area contributed by atoms with Crippen LogP contribution in [-0.2, 0) is 35.4 Å². The fourth-order valence-corrected chi connectivity index (χ4v) is 4.61. The average Bonchev–Trinajstić information content (AvgIpc) is 3.06. The van der Waals surface area contributed by atoms with Gasteiger partial charge in [-0.1, -0.05) is 30.3 Å². The highest BCUT2D eigenvalue weighted by Crippen LogP contribution is 2.32. The lowest BCUT2D eigenvalue weighted by Gasteiger charge is -2.33. The minimum Gasteiger partial charge on any atom is -0.481 e. The first kappa shape index (κ1) is 21.0. The Morgan fingerprint density at radius 2 is 1.74 bits per heavy atom. The van der Waals surface area contributed by atoms with Crippen molar-refractivity contribution in [1.82, 2.24) is 9.47 Å². The monoisotopic (exact) mass is 419 g/mol. The molecule has 31 heavy (non-hydrogen) atoms. The first-order chi connectivity index (χ1) is 14.8. The molecule has 0 bridgehead atoms. The van der Waals surface area contributed by atoms with Crippen LogP contribution in [-0.4, -0.2) is 53.6 Å². The molecule has 0 radical (unpaired) electrons. The standard InChI is InChI=1S/C25H29N3O3/c1-26(2)18-10-8-17(9-11-18)14-24(29)27(3)19-12-13-23-21(15-25(30)31)20-6-4-5-7-22(20)28(23)16-19/h4-11,19H,12-16H2,1-3H3,(H,30,31)/t19-/m1/s1. The summed E-state index contributed by atoms with van der Waals surface area (Å²) in [4.78, 5) is 28.3. The molecule has 1 atom stereocenters. The van der Waals surface area contributed by atoms with Crippen LogP contribution in [0.3, 0.4) is 0 Å². The van der Waals surface area contributed by atoms with Crippen LogP contribution in [0.4, 0.5) is 5.69 Å². The molecule has 1 amide bonds. The van der Waals surface area contributed by atoms with Gasteiger partial charge in [0.05, 0.1) is 12.8 Å². The second kappa shape index (κ2) is 8.46. The maximum absolute atomic E-state index is 13.0. The smallest absolute Gasteiger partial charge is 0.307 e. The maximum Gasteiger partial charge on any atom is 0.307 e. The number of benzene rings is 2. The number of hydrogen-bond donors (Lipinski definition) is 1. The molecule has 6 nitrogen and oxygen atoms in total. The number of carboxylic acids is 1. The number of amides is 1. The summed E-state index contributed by atoms with van der Waals surface area (Å²) in [5, 5.41) is 10.4. The van der Waals surface area contributed by atoms with Crippen molar-refractivity contribution >= 4 is 28.5 Å². The van der Waals surface area contributed by atoms with Crippen LogP contribution in [0.15, 0.2) is 48.5 Å². The molecule has 1 aliphatic heterocycles. The van der Waals surface area contributed by atoms with Crippen LogP contribution in [0.2, 0.25) is 0 Å². The molecule has 0 fully saturated rings. The lowest BCUT2D eigenvalue weighted by atomic mass is 9.99. The number of carbonyl (C=O) groups excluding carboxylic acids is 1. The molecule has 0 saturated heterocycles. The van der Waals surface area contributed by atoms with Gasteiger partial charge in [-0.3, -0.25) is 9.59 Å². The van der Waals surface area contributed by atoms with Gasteiger partial charge in [0.2, 0.25) is 5.91 Å². The summed E-state index contributed by atoms with van der Waals surface area (Å²) in [5.74, 6) is -0.706. The zero-order chi connectivity index (χ0) is 22.1. The molecule has 0 saturated carbocycles. The average molecular weight is 420 g/mol. The van der Waals surface area contributed by atoms with Crippen molar-refractivity contribution in [3.63, 3.8) is 0 Å². The minimum atomic E-state index is -0.811. The molecule has 1 N–H and O–H groups in total. The van der Waals surface area contributed by atoms with Gasteiger partial charge in [0.1, 0.15) is 0 Å². The fourth-order valence-electron chi connectivity index (χ4n) is 4.61. The number of carboxylic acid groups (broad SMARTS) is 1. The SMILES string of the molecule is CN(C)c1ccc(CC(=O)N(C)[C@@H]2CCc3c(CC(=O)O)c4ccccc4n3C2)cc1. The predicted octanol–water partition coefficient (Wildman–Crippen LogP) is 3.35. The van der Waals surface area contributed by atoms with Gasteiger partial charge in [-0.15, -0.1) is 0 Å². The number of likely N-dealkylation sites (N-methyl/N-ethyl adjacent to an activating group) is 1. The number of rotatable bonds is 6. The van der Waals surface area contributed by atoms with Crippen LogP contribution in [0.25, 0.3) is 10.9 Å². The third kappa shape index (κ3) is 4.15. The normalized spacial score (nSPS) is 15.5. The second-order valence-corrected chi connectivity index (χ2v) is 8.56. The molecule has 162 valence electrons. The number of fused-ring (bicyclic) bond motifs is 3. The van der Waals surface area contributed by atoms with Crippen molar-refractivity contribution in [2.75, 3.05) is 26.0 Å². The van der Waals surface area contributed by atoms with Crippen LogP contribution >= 0.6 is 0 Å². The van der Waals surface area contributed by atoms with Crippen molar-refractivity contribution in [3.8, 4) is 0 Å². The summed E-state index contributed by atoms with van der Waals surface area (Å²) < 4.78 is 2.22. The van der Waals surface area contributed by atoms with Crippen molar-refractivity contribution in [1.29, 1.82) is 0 Å². The number of carbonyl (C=O) groups is 2. The zero-order valence-corrected chi connectivity index (χ0v) is 18.3. The van der Waals surface area contributed by atoms with Gasteiger partial charge in [-0.25, -0.2) is 0 Å². The lowest BCUT2D eigenvalue weighted by Crippen LogP contribution is -2.43. The largest absolute Gasteiger partial charge is 0.481 e. The van der Waals surface area contributed by atoms with E-state index in [0.717, 1.165) is 46.3 Å². The Labute approximate surface area is 182 Å². The molecule has 3 aromatic rings. The Hall–Kier alpha value is -3.28. The first-order valence-electron chi connectivity index (χ1n) is 10.7. The highest BCUT2D eigenvalue weighted by atomic mass is 16.4. The van der Waals surface area contributed by atoms with E-state index in [0.29, 0.717) is 13.0 Å². The number of nitrogens with zero attached hydrogens (tertiary/aromatic N) is 3. The van der Waals surface area contributed by atoms with E-state index in [2.05, 4.69) is 4.57 Å². The Kier molecular flexibility index (Phi) is 5.72. The molecule has 6 heteroatoms. The number of aliphatic carboxylic acids is 1. The molecule has 1 aromatic heterocycles. The summed E-state index contributed by atoms with van der Waals surface area (Å²) in [6.45, 7) is 0.692. The molecular formula is C25H29N3O3. The van der Waals surface area contributed by atoms with Crippen LogP contribution in [0, 0.1) is 0 Å². The highest BCUT2D eigenvalue weighted by Gasteiger charge is 2.29. The minimum absolute atomic E-state index is 0.0330. The summed E-state index contributed by atoms with van der Waals surface area (Å²) in [7, 11) is 5.88. The van der Waals surface area contributed by atoms with Gasteiger partial charge in [0, 0.05) is 56.0 Å². The Morgan fingerprint density at radius 1 is 1.03 bits per heavy atom. The quantitative estimate of drug-likeness (QED) is 0.666. The van der Waals surface area contributed by atoms with Gasteiger partial charge in [0.25, 0.3) is 0 Å². The fraction of sp³-hybridized carbons (Fsp3) is 0.360. The van der Waals surface area contributed by atoms with Gasteiger partial charge < -0.3 is 19.5 Å². The second-order valence-electron chi connectivity index (χ2n) is 8.56. The predicted molar refractivity (Wildman–Crippen MR) is 123 cm³/mol. The summed E-state index contributed by atoms with van der Waals surface area (Å²) >= 11 is 0. The van der Waals surface area contributed by atoms with E-state index in [4.69, 9.17) is 0 Å². The molecule has 4 rings (SSSR count). The van der Waals surface area contributed by atoms with E-state index in [-0.39, 0.29) is 18.4 Å². The summed E-state index contributed by atoms with van der Waals surface area (Å²) in [6, 6.07) is 16.2.